The molecule has 5 heteroatoms. The standard InChI is InChI=1S/C8H16F3NS/c1-3-5-13-7(6(12)4-2)8(9,10)11/h6-7H,3-5,12H2,1-2H3. The van der Waals surface area contributed by atoms with Gasteiger partial charge in [0.05, 0.1) is 0 Å². The molecule has 0 aliphatic rings. The minimum atomic E-state index is -4.17. The van der Waals surface area contributed by atoms with Crippen LogP contribution in [0.4, 0.5) is 13.2 Å². The van der Waals surface area contributed by atoms with E-state index < -0.39 is 17.5 Å². The second-order valence-electron chi connectivity index (χ2n) is 2.91. The Hall–Kier alpha value is 0.100. The van der Waals surface area contributed by atoms with Crippen molar-refractivity contribution < 1.29 is 13.2 Å². The van der Waals surface area contributed by atoms with Gasteiger partial charge in [0.25, 0.3) is 0 Å². The first-order valence-corrected chi connectivity index (χ1v) is 5.42. The molecule has 13 heavy (non-hydrogen) atoms. The quantitative estimate of drug-likeness (QED) is 0.763. The first-order chi connectivity index (χ1) is 5.93. The van der Waals surface area contributed by atoms with Crippen molar-refractivity contribution in [2.45, 2.75) is 44.2 Å². The van der Waals surface area contributed by atoms with E-state index in [1.165, 1.54) is 0 Å². The van der Waals surface area contributed by atoms with Gasteiger partial charge >= 0.3 is 6.18 Å². The maximum absolute atomic E-state index is 12.4. The maximum atomic E-state index is 12.4. The molecule has 0 saturated carbocycles. The van der Waals surface area contributed by atoms with Crippen LogP contribution in [0.15, 0.2) is 0 Å². The molecule has 0 rings (SSSR count). The van der Waals surface area contributed by atoms with Crippen LogP contribution in [0.2, 0.25) is 0 Å². The van der Waals surface area contributed by atoms with E-state index in [0.29, 0.717) is 12.2 Å². The lowest BCUT2D eigenvalue weighted by atomic mass is 10.1. The monoisotopic (exact) mass is 215 g/mol. The van der Waals surface area contributed by atoms with E-state index >= 15 is 0 Å². The largest absolute Gasteiger partial charge is 0.402 e. The fourth-order valence-electron chi connectivity index (χ4n) is 0.920. The summed E-state index contributed by atoms with van der Waals surface area (Å²) in [5.41, 5.74) is 5.40. The number of hydrogen-bond donors (Lipinski definition) is 1. The molecule has 0 aliphatic heterocycles. The highest BCUT2D eigenvalue weighted by Crippen LogP contribution is 2.33. The second kappa shape index (κ2) is 5.75. The molecule has 0 bridgehead atoms. The summed E-state index contributed by atoms with van der Waals surface area (Å²) in [6.07, 6.45) is -3.07. The zero-order valence-electron chi connectivity index (χ0n) is 7.90. The third-order valence-electron chi connectivity index (χ3n) is 1.68. The third-order valence-corrected chi connectivity index (χ3v) is 3.30. The van der Waals surface area contributed by atoms with Crippen LogP contribution >= 0.6 is 11.8 Å². The van der Waals surface area contributed by atoms with E-state index in [9.17, 15) is 13.2 Å². The number of halogens is 3. The van der Waals surface area contributed by atoms with Gasteiger partial charge in [-0.1, -0.05) is 13.8 Å². The van der Waals surface area contributed by atoms with Gasteiger partial charge in [-0.25, -0.2) is 0 Å². The minimum absolute atomic E-state index is 0.362. The van der Waals surface area contributed by atoms with E-state index in [1.54, 1.807) is 6.92 Å². The molecule has 0 fully saturated rings. The Kier molecular flexibility index (Phi) is 5.80. The number of thioether (sulfide) groups is 1. The summed E-state index contributed by atoms with van der Waals surface area (Å²) in [6, 6.07) is -0.781. The summed E-state index contributed by atoms with van der Waals surface area (Å²) in [5, 5.41) is -1.41. The summed E-state index contributed by atoms with van der Waals surface area (Å²) in [5.74, 6) is 0.512. The van der Waals surface area contributed by atoms with Gasteiger partial charge in [0, 0.05) is 6.04 Å². The average Bonchev–Trinajstić information content (AvgIpc) is 2.02. The van der Waals surface area contributed by atoms with Crippen molar-refractivity contribution in [3.8, 4) is 0 Å². The lowest BCUT2D eigenvalue weighted by Crippen LogP contribution is -2.42. The number of hydrogen-bond acceptors (Lipinski definition) is 2. The lowest BCUT2D eigenvalue weighted by molar-refractivity contribution is -0.132. The summed E-state index contributed by atoms with van der Waals surface area (Å²) < 4.78 is 37.1. The van der Waals surface area contributed by atoms with Crippen molar-refractivity contribution in [2.75, 3.05) is 5.75 Å². The van der Waals surface area contributed by atoms with Gasteiger partial charge in [0.15, 0.2) is 0 Å². The van der Waals surface area contributed by atoms with E-state index in [4.69, 9.17) is 5.73 Å². The van der Waals surface area contributed by atoms with Gasteiger partial charge in [-0.05, 0) is 18.6 Å². The molecule has 0 aromatic rings. The van der Waals surface area contributed by atoms with Crippen LogP contribution in [0.25, 0.3) is 0 Å². The lowest BCUT2D eigenvalue weighted by Gasteiger charge is -2.24. The predicted octanol–water partition coefficient (Wildman–Crippen LogP) is 2.80. The Bertz CT molecular complexity index is 138. The molecular formula is C8H16F3NS. The molecule has 0 amide bonds. The van der Waals surface area contributed by atoms with Crippen LogP contribution in [0, 0.1) is 0 Å². The van der Waals surface area contributed by atoms with Crippen LogP contribution in [-0.2, 0) is 0 Å². The molecule has 2 unspecified atom stereocenters. The van der Waals surface area contributed by atoms with Crippen molar-refractivity contribution in [1.29, 1.82) is 0 Å². The van der Waals surface area contributed by atoms with Gasteiger partial charge in [-0.2, -0.15) is 13.2 Å². The Balaban J connectivity index is 4.19. The van der Waals surface area contributed by atoms with Gasteiger partial charge in [-0.3, -0.25) is 0 Å². The molecule has 0 spiro atoms. The highest BCUT2D eigenvalue weighted by molar-refractivity contribution is 8.00. The zero-order valence-corrected chi connectivity index (χ0v) is 8.71. The highest BCUT2D eigenvalue weighted by atomic mass is 32.2. The number of rotatable bonds is 5. The molecule has 1 nitrogen and oxygen atoms in total. The SMILES string of the molecule is CCCSC(C(N)CC)C(F)(F)F. The van der Waals surface area contributed by atoms with Gasteiger partial charge in [-0.15, -0.1) is 11.8 Å². The van der Waals surface area contributed by atoms with Crippen molar-refractivity contribution >= 4 is 11.8 Å². The van der Waals surface area contributed by atoms with Gasteiger partial charge in [0.2, 0.25) is 0 Å². The second-order valence-corrected chi connectivity index (χ2v) is 4.15. The summed E-state index contributed by atoms with van der Waals surface area (Å²) in [7, 11) is 0. The first kappa shape index (κ1) is 13.1. The zero-order chi connectivity index (χ0) is 10.5. The Morgan fingerprint density at radius 2 is 1.85 bits per heavy atom. The molecule has 2 N–H and O–H groups in total. The topological polar surface area (TPSA) is 26.0 Å². The fraction of sp³-hybridized carbons (Fsp3) is 1.00. The average molecular weight is 215 g/mol. The number of alkyl halides is 3. The molecule has 0 aromatic heterocycles. The highest BCUT2D eigenvalue weighted by Gasteiger charge is 2.42. The van der Waals surface area contributed by atoms with Crippen LogP contribution in [-0.4, -0.2) is 23.2 Å². The third kappa shape index (κ3) is 4.76. The normalized spacial score (nSPS) is 17.1. The van der Waals surface area contributed by atoms with Crippen molar-refractivity contribution in [1.82, 2.24) is 0 Å². The van der Waals surface area contributed by atoms with Crippen LogP contribution in [0.3, 0.4) is 0 Å². The predicted molar refractivity (Wildman–Crippen MR) is 50.9 cm³/mol. The molecule has 80 valence electrons. The molecule has 0 heterocycles. The molecular weight excluding hydrogens is 199 g/mol. The summed E-state index contributed by atoms with van der Waals surface area (Å²) in [6.45, 7) is 3.54. The first-order valence-electron chi connectivity index (χ1n) is 4.37. The molecule has 0 radical (unpaired) electrons. The van der Waals surface area contributed by atoms with Crippen molar-refractivity contribution in [3.05, 3.63) is 0 Å². The number of nitrogens with two attached hydrogens (primary N) is 1. The van der Waals surface area contributed by atoms with E-state index in [-0.39, 0.29) is 0 Å². The Morgan fingerprint density at radius 1 is 1.31 bits per heavy atom. The summed E-state index contributed by atoms with van der Waals surface area (Å²) >= 11 is 0.911. The van der Waals surface area contributed by atoms with Gasteiger partial charge < -0.3 is 5.73 Å². The van der Waals surface area contributed by atoms with Crippen LogP contribution in [0.5, 0.6) is 0 Å². The smallest absolute Gasteiger partial charge is 0.326 e. The minimum Gasteiger partial charge on any atom is -0.326 e. The maximum Gasteiger partial charge on any atom is 0.402 e. The van der Waals surface area contributed by atoms with E-state index in [0.717, 1.165) is 18.2 Å². The Labute approximate surface area is 81.3 Å². The molecule has 0 aromatic carbocycles. The fourth-order valence-corrected chi connectivity index (χ4v) is 2.04. The molecule has 2 atom stereocenters. The van der Waals surface area contributed by atoms with E-state index in [1.807, 2.05) is 6.92 Å². The molecule has 0 aliphatic carbocycles. The Morgan fingerprint density at radius 3 is 2.15 bits per heavy atom. The van der Waals surface area contributed by atoms with Crippen LogP contribution in [0.1, 0.15) is 26.7 Å². The van der Waals surface area contributed by atoms with Crippen LogP contribution < -0.4 is 5.73 Å². The molecule has 0 saturated heterocycles. The van der Waals surface area contributed by atoms with Crippen molar-refractivity contribution in [3.63, 3.8) is 0 Å². The van der Waals surface area contributed by atoms with E-state index in [2.05, 4.69) is 0 Å². The van der Waals surface area contributed by atoms with Gasteiger partial charge in [0.1, 0.15) is 5.25 Å². The summed E-state index contributed by atoms with van der Waals surface area (Å²) in [4.78, 5) is 0. The van der Waals surface area contributed by atoms with Crippen molar-refractivity contribution in [2.24, 2.45) is 5.73 Å².